The van der Waals surface area contributed by atoms with Crippen LogP contribution in [0.3, 0.4) is 0 Å². The molecule has 0 saturated carbocycles. The van der Waals surface area contributed by atoms with Gasteiger partial charge in [0.1, 0.15) is 11.3 Å². The Morgan fingerprint density at radius 2 is 1.48 bits per heavy atom. The second-order valence-corrected chi connectivity index (χ2v) is 13.5. The molecule has 0 atom stereocenters. The highest BCUT2D eigenvalue weighted by molar-refractivity contribution is 5.97. The van der Waals surface area contributed by atoms with Crippen molar-refractivity contribution in [2.45, 2.75) is 26.2 Å². The van der Waals surface area contributed by atoms with Crippen LogP contribution < -0.4 is 4.90 Å². The van der Waals surface area contributed by atoms with Crippen LogP contribution in [-0.4, -0.2) is 0 Å². The van der Waals surface area contributed by atoms with Crippen LogP contribution in [0.4, 0.5) is 17.1 Å². The van der Waals surface area contributed by atoms with Gasteiger partial charge in [-0.15, -0.1) is 0 Å². The third-order valence-corrected chi connectivity index (χ3v) is 10.2. The number of para-hydroxylation sites is 1. The molecule has 0 N–H and O–H groups in total. The summed E-state index contributed by atoms with van der Waals surface area (Å²) >= 11 is 0. The molecule has 1 heterocycles. The zero-order chi connectivity index (χ0) is 34.9. The number of fused-ring (bicyclic) bond motifs is 4. The van der Waals surface area contributed by atoms with Crippen LogP contribution in [0.2, 0.25) is 0 Å². The van der Waals surface area contributed by atoms with Gasteiger partial charge < -0.3 is 9.32 Å². The van der Waals surface area contributed by atoms with E-state index in [9.17, 15) is 0 Å². The minimum Gasteiger partial charge on any atom is -0.456 e. The molecule has 0 amide bonds. The first kappa shape index (κ1) is 31.4. The van der Waals surface area contributed by atoms with E-state index in [0.717, 1.165) is 75.5 Å². The van der Waals surface area contributed by atoms with Crippen molar-refractivity contribution in [2.24, 2.45) is 0 Å². The summed E-state index contributed by atoms with van der Waals surface area (Å²) in [6.45, 7) is 2.13. The van der Waals surface area contributed by atoms with Crippen molar-refractivity contribution in [3.63, 3.8) is 0 Å². The zero-order valence-electron chi connectivity index (χ0n) is 29.1. The Morgan fingerprint density at radius 3 is 2.25 bits per heavy atom. The Bertz CT molecular complexity index is 2570. The lowest BCUT2D eigenvalue weighted by Crippen LogP contribution is -2.09. The average molecular weight is 668 g/mol. The number of hydrogen-bond acceptors (Lipinski definition) is 2. The SMILES string of the molecule is C/C(=C\C=C1\C=CC=CC1)c1c#cc(-c2ccc(N(c3ccc(-c4cccc5c6c(oc45)C=CCC6)cc3)c3ccc4ccccc4c3)cc2)cc1. The van der Waals surface area contributed by atoms with Crippen molar-refractivity contribution >= 4 is 50.5 Å². The molecule has 1 aromatic heterocycles. The zero-order valence-corrected chi connectivity index (χ0v) is 29.1. The highest BCUT2D eigenvalue weighted by Gasteiger charge is 2.19. The van der Waals surface area contributed by atoms with E-state index in [1.165, 1.54) is 32.9 Å². The maximum absolute atomic E-state index is 6.42. The van der Waals surface area contributed by atoms with E-state index < -0.39 is 0 Å². The minimum atomic E-state index is 0.967. The fraction of sp³-hybridized carbons (Fsp3) is 0.0800. The summed E-state index contributed by atoms with van der Waals surface area (Å²) in [7, 11) is 0. The van der Waals surface area contributed by atoms with Crippen molar-refractivity contribution < 1.29 is 4.42 Å². The van der Waals surface area contributed by atoms with Gasteiger partial charge >= 0.3 is 0 Å². The van der Waals surface area contributed by atoms with Gasteiger partial charge in [-0.3, -0.25) is 0 Å². The van der Waals surface area contributed by atoms with E-state index >= 15 is 0 Å². The number of furan rings is 1. The molecule has 0 saturated heterocycles. The molecule has 0 spiro atoms. The Hall–Kier alpha value is -6.56. The second kappa shape index (κ2) is 13.6. The Morgan fingerprint density at radius 1 is 0.692 bits per heavy atom. The number of nitrogens with zero attached hydrogens (tertiary/aromatic N) is 1. The van der Waals surface area contributed by atoms with E-state index in [2.05, 4.69) is 194 Å². The van der Waals surface area contributed by atoms with Gasteiger partial charge in [0.25, 0.3) is 0 Å². The van der Waals surface area contributed by atoms with Crippen molar-refractivity contribution in [2.75, 3.05) is 4.90 Å². The van der Waals surface area contributed by atoms with Crippen LogP contribution in [0.15, 0.2) is 174 Å². The molecule has 0 fully saturated rings. The van der Waals surface area contributed by atoms with Crippen molar-refractivity contribution in [1.29, 1.82) is 0 Å². The van der Waals surface area contributed by atoms with Crippen LogP contribution >= 0.6 is 0 Å². The van der Waals surface area contributed by atoms with Crippen molar-refractivity contribution in [1.82, 2.24) is 0 Å². The first-order chi connectivity index (χ1) is 25.7. The Kier molecular flexibility index (Phi) is 8.24. The van der Waals surface area contributed by atoms with Crippen LogP contribution in [0.5, 0.6) is 0 Å². The molecule has 0 aliphatic heterocycles. The number of allylic oxidation sites excluding steroid dienone is 9. The molecule has 52 heavy (non-hydrogen) atoms. The van der Waals surface area contributed by atoms with Gasteiger partial charge in [-0.1, -0.05) is 127 Å². The minimum absolute atomic E-state index is 0.967. The van der Waals surface area contributed by atoms with Gasteiger partial charge in [-0.05, 0) is 114 Å². The number of rotatable bonds is 7. The molecule has 7 aromatic rings. The molecule has 248 valence electrons. The Balaban J connectivity index is 1.03. The molecule has 0 radical (unpaired) electrons. The lowest BCUT2D eigenvalue weighted by atomic mass is 9.97. The smallest absolute Gasteiger partial charge is 0.142 e. The lowest BCUT2D eigenvalue weighted by molar-refractivity contribution is 0.596. The van der Waals surface area contributed by atoms with Gasteiger partial charge in [-0.2, -0.15) is 0 Å². The summed E-state index contributed by atoms with van der Waals surface area (Å²) in [5.74, 6) is 0.994. The number of aryl methyl sites for hydroxylation is 1. The molecule has 0 unspecified atom stereocenters. The van der Waals surface area contributed by atoms with Gasteiger partial charge in [0.2, 0.25) is 0 Å². The number of benzene rings is 5. The molecule has 6 aromatic carbocycles. The highest BCUT2D eigenvalue weighted by Crippen LogP contribution is 2.40. The first-order valence-electron chi connectivity index (χ1n) is 18.0. The maximum Gasteiger partial charge on any atom is 0.142 e. The quantitative estimate of drug-likeness (QED) is 0.168. The summed E-state index contributed by atoms with van der Waals surface area (Å²) in [6, 6.07) is 50.4. The number of hydrogen-bond donors (Lipinski definition) is 0. The number of anilines is 3. The van der Waals surface area contributed by atoms with Gasteiger partial charge in [0.05, 0.1) is 0 Å². The monoisotopic (exact) mass is 667 g/mol. The maximum atomic E-state index is 6.42. The van der Waals surface area contributed by atoms with Gasteiger partial charge in [-0.25, -0.2) is 0 Å². The topological polar surface area (TPSA) is 16.4 Å². The van der Waals surface area contributed by atoms with E-state index in [1.54, 1.807) is 0 Å². The van der Waals surface area contributed by atoms with Crippen molar-refractivity contribution in [3.8, 4) is 22.3 Å². The summed E-state index contributed by atoms with van der Waals surface area (Å²) < 4.78 is 6.42. The molecule has 0 bridgehead atoms. The standard InChI is InChI=1S/C50H37NO/c1-35(18-19-36-10-3-2-4-11-36)37-20-22-39(23-21-37)40-24-29-43(30-25-40)51(45-33-26-38-12-5-6-13-42(38)34-45)44-31-27-41(28-32-44)46-15-9-16-48-47-14-7-8-17-49(47)52-50(46)48/h2-6,8-10,12-13,15-20,22,24-34H,7,11,14H2,1H3/b35-18+,36-19-. The fourth-order valence-corrected chi connectivity index (χ4v) is 7.33. The molecule has 2 heteroatoms. The van der Waals surface area contributed by atoms with Crippen LogP contribution in [0.1, 0.15) is 36.7 Å². The predicted molar refractivity (Wildman–Crippen MR) is 219 cm³/mol. The predicted octanol–water partition coefficient (Wildman–Crippen LogP) is 13.8. The first-order valence-corrected chi connectivity index (χ1v) is 18.0. The average Bonchev–Trinajstić information content (AvgIpc) is 3.60. The fourth-order valence-electron chi connectivity index (χ4n) is 7.33. The molecule has 9 rings (SSSR count). The summed E-state index contributed by atoms with van der Waals surface area (Å²) in [4.78, 5) is 2.33. The van der Waals surface area contributed by atoms with Crippen LogP contribution in [0.25, 0.3) is 55.6 Å². The normalized spacial score (nSPS) is 14.6. The molecule has 2 aliphatic carbocycles. The van der Waals surface area contributed by atoms with Crippen LogP contribution in [0, 0.1) is 12.1 Å². The molecular weight excluding hydrogens is 631 g/mol. The van der Waals surface area contributed by atoms with Crippen LogP contribution in [-0.2, 0) is 6.42 Å². The van der Waals surface area contributed by atoms with E-state index in [-0.39, 0.29) is 0 Å². The largest absolute Gasteiger partial charge is 0.456 e. The highest BCUT2D eigenvalue weighted by atomic mass is 16.3. The van der Waals surface area contributed by atoms with Gasteiger partial charge in [0.15, 0.2) is 0 Å². The lowest BCUT2D eigenvalue weighted by Gasteiger charge is -2.26. The Labute approximate surface area is 305 Å². The molecule has 2 nitrogen and oxygen atoms in total. The summed E-state index contributed by atoms with van der Waals surface area (Å²) in [6.07, 6.45) is 20.2. The van der Waals surface area contributed by atoms with Crippen molar-refractivity contribution in [3.05, 3.63) is 198 Å². The summed E-state index contributed by atoms with van der Waals surface area (Å²) in [5, 5.41) is 3.65. The third kappa shape index (κ3) is 6.08. The second-order valence-electron chi connectivity index (χ2n) is 13.5. The van der Waals surface area contributed by atoms with E-state index in [0.29, 0.717) is 0 Å². The molecule has 2 aliphatic rings. The molecular formula is C50H37NO. The van der Waals surface area contributed by atoms with E-state index in [4.69, 9.17) is 4.42 Å². The third-order valence-electron chi connectivity index (χ3n) is 10.2. The van der Waals surface area contributed by atoms with Gasteiger partial charge in [0, 0.05) is 44.7 Å². The van der Waals surface area contributed by atoms with E-state index in [1.807, 2.05) is 0 Å². The summed E-state index contributed by atoms with van der Waals surface area (Å²) in [5.41, 5.74) is 13.5.